The van der Waals surface area contributed by atoms with Crippen LogP contribution in [0.1, 0.15) is 48.9 Å². The van der Waals surface area contributed by atoms with Gasteiger partial charge in [0.1, 0.15) is 11.6 Å². The molecule has 32 heavy (non-hydrogen) atoms. The van der Waals surface area contributed by atoms with E-state index >= 15 is 0 Å². The van der Waals surface area contributed by atoms with Crippen LogP contribution in [0.4, 0.5) is 10.3 Å². The van der Waals surface area contributed by atoms with Gasteiger partial charge >= 0.3 is 0 Å². The molecule has 2 aliphatic carbocycles. The highest BCUT2D eigenvalue weighted by Crippen LogP contribution is 2.45. The molecule has 2 heterocycles. The van der Waals surface area contributed by atoms with Gasteiger partial charge in [-0.1, -0.05) is 11.6 Å². The number of halogens is 2. The predicted octanol–water partition coefficient (Wildman–Crippen LogP) is 4.48. The van der Waals surface area contributed by atoms with Gasteiger partial charge in [-0.05, 0) is 68.4 Å². The van der Waals surface area contributed by atoms with Gasteiger partial charge in [-0.3, -0.25) is 4.79 Å². The molecule has 1 N–H and O–H groups in total. The lowest BCUT2D eigenvalue weighted by atomic mass is 9.91. The topological polar surface area (TPSA) is 67.3 Å². The van der Waals surface area contributed by atoms with Gasteiger partial charge < -0.3 is 15.0 Å². The number of carbonyl (C=O) groups is 1. The number of carbonyl (C=O) groups excluding carboxylic acids is 1. The van der Waals surface area contributed by atoms with Crippen molar-refractivity contribution in [3.05, 3.63) is 47.0 Å². The summed E-state index contributed by atoms with van der Waals surface area (Å²) in [5.41, 5.74) is 0.0869. The van der Waals surface area contributed by atoms with Crippen molar-refractivity contribution in [1.82, 2.24) is 15.3 Å². The number of hydrogen-bond donors (Lipinski definition) is 1. The SMILES string of the molecule is O=C(NC1CC1)c1ccc(OCC2CC2CC2CCN(c3ncc(Cl)cn3)CC2)cc1F. The van der Waals surface area contributed by atoms with Crippen LogP contribution < -0.4 is 15.0 Å². The molecule has 5 rings (SSSR count). The monoisotopic (exact) mass is 458 g/mol. The lowest BCUT2D eigenvalue weighted by molar-refractivity contribution is 0.0947. The number of benzene rings is 1. The van der Waals surface area contributed by atoms with E-state index in [4.69, 9.17) is 16.3 Å². The number of aromatic nitrogens is 2. The molecule has 0 bridgehead atoms. The molecule has 1 aliphatic heterocycles. The van der Waals surface area contributed by atoms with E-state index in [0.29, 0.717) is 29.2 Å². The highest BCUT2D eigenvalue weighted by molar-refractivity contribution is 6.30. The summed E-state index contributed by atoms with van der Waals surface area (Å²) in [5, 5.41) is 3.37. The van der Waals surface area contributed by atoms with Crippen molar-refractivity contribution in [2.24, 2.45) is 17.8 Å². The number of ether oxygens (including phenoxy) is 1. The van der Waals surface area contributed by atoms with Crippen LogP contribution in [0.2, 0.25) is 5.02 Å². The molecule has 170 valence electrons. The van der Waals surface area contributed by atoms with Crippen molar-refractivity contribution < 1.29 is 13.9 Å². The summed E-state index contributed by atoms with van der Waals surface area (Å²) < 4.78 is 20.1. The van der Waals surface area contributed by atoms with E-state index in [9.17, 15) is 9.18 Å². The van der Waals surface area contributed by atoms with Gasteiger partial charge in [0, 0.05) is 25.2 Å². The maximum atomic E-state index is 14.3. The third-order valence-electron chi connectivity index (χ3n) is 6.77. The summed E-state index contributed by atoms with van der Waals surface area (Å²) in [4.78, 5) is 22.9. The van der Waals surface area contributed by atoms with E-state index in [1.54, 1.807) is 18.5 Å². The molecule has 2 aromatic rings. The standard InChI is InChI=1S/C24H28ClFN4O2/c25-18-12-27-24(28-13-18)30-7-5-15(6-8-30)9-16-10-17(16)14-32-20-3-4-21(22(26)11-20)23(31)29-19-1-2-19/h3-4,11-13,15-17,19H,1-2,5-10,14H2,(H,29,31). The average Bonchev–Trinajstić information content (AvgIpc) is 3.72. The fourth-order valence-electron chi connectivity index (χ4n) is 4.53. The van der Waals surface area contributed by atoms with E-state index in [1.165, 1.54) is 25.0 Å². The Hall–Kier alpha value is -2.41. The quantitative estimate of drug-likeness (QED) is 0.631. The van der Waals surface area contributed by atoms with Gasteiger partial charge in [-0.2, -0.15) is 0 Å². The van der Waals surface area contributed by atoms with Gasteiger partial charge in [0.15, 0.2) is 0 Å². The molecular weight excluding hydrogens is 431 g/mol. The zero-order valence-corrected chi connectivity index (χ0v) is 18.7. The lowest BCUT2D eigenvalue weighted by Crippen LogP contribution is -2.35. The zero-order chi connectivity index (χ0) is 22.1. The molecule has 1 aromatic heterocycles. The van der Waals surface area contributed by atoms with E-state index in [0.717, 1.165) is 50.6 Å². The minimum Gasteiger partial charge on any atom is -0.493 e. The van der Waals surface area contributed by atoms with E-state index in [2.05, 4.69) is 20.2 Å². The van der Waals surface area contributed by atoms with Crippen molar-refractivity contribution in [2.75, 3.05) is 24.6 Å². The molecule has 1 aromatic carbocycles. The molecule has 8 heteroatoms. The van der Waals surface area contributed by atoms with Crippen LogP contribution in [-0.4, -0.2) is 41.6 Å². The second-order valence-corrected chi connectivity index (χ2v) is 9.76. The van der Waals surface area contributed by atoms with Crippen LogP contribution in [0.25, 0.3) is 0 Å². The smallest absolute Gasteiger partial charge is 0.254 e. The Bertz CT molecular complexity index is 961. The predicted molar refractivity (Wildman–Crippen MR) is 121 cm³/mol. The van der Waals surface area contributed by atoms with Gasteiger partial charge in [0.2, 0.25) is 5.95 Å². The van der Waals surface area contributed by atoms with E-state index in [1.807, 2.05) is 0 Å². The van der Waals surface area contributed by atoms with Crippen LogP contribution in [0, 0.1) is 23.6 Å². The van der Waals surface area contributed by atoms with Crippen molar-refractivity contribution in [2.45, 2.75) is 44.6 Å². The summed E-state index contributed by atoms with van der Waals surface area (Å²) in [6, 6.07) is 4.75. The Labute approximate surface area is 192 Å². The first-order chi connectivity index (χ1) is 15.5. The summed E-state index contributed by atoms with van der Waals surface area (Å²) in [5.74, 6) is 2.33. The normalized spacial score (nSPS) is 23.1. The van der Waals surface area contributed by atoms with Crippen molar-refractivity contribution in [3.8, 4) is 5.75 Å². The molecule has 3 fully saturated rings. The molecule has 1 amide bonds. The van der Waals surface area contributed by atoms with Crippen molar-refractivity contribution >= 4 is 23.5 Å². The maximum Gasteiger partial charge on any atom is 0.254 e. The van der Waals surface area contributed by atoms with Crippen molar-refractivity contribution in [3.63, 3.8) is 0 Å². The summed E-state index contributed by atoms with van der Waals surface area (Å²) in [6.07, 6.45) is 9.93. The highest BCUT2D eigenvalue weighted by Gasteiger charge is 2.39. The van der Waals surface area contributed by atoms with Crippen molar-refractivity contribution in [1.29, 1.82) is 0 Å². The highest BCUT2D eigenvalue weighted by atomic mass is 35.5. The Balaban J connectivity index is 1.03. The number of anilines is 1. The van der Waals surface area contributed by atoms with Gasteiger partial charge in [-0.25, -0.2) is 14.4 Å². The maximum absolute atomic E-state index is 14.3. The number of hydrogen-bond acceptors (Lipinski definition) is 5. The van der Waals surface area contributed by atoms with Crippen LogP contribution in [0.5, 0.6) is 5.75 Å². The molecule has 2 unspecified atom stereocenters. The third kappa shape index (κ3) is 5.31. The van der Waals surface area contributed by atoms with Gasteiger partial charge in [0.25, 0.3) is 5.91 Å². The molecule has 2 saturated carbocycles. The molecule has 1 saturated heterocycles. The van der Waals surface area contributed by atoms with E-state index in [-0.39, 0.29) is 17.5 Å². The van der Waals surface area contributed by atoms with Crippen LogP contribution in [0.3, 0.4) is 0 Å². The Morgan fingerprint density at radius 1 is 1.16 bits per heavy atom. The van der Waals surface area contributed by atoms with Crippen LogP contribution in [-0.2, 0) is 0 Å². The minimum atomic E-state index is -0.524. The first kappa shape index (κ1) is 21.4. The summed E-state index contributed by atoms with van der Waals surface area (Å²) >= 11 is 5.87. The Morgan fingerprint density at radius 3 is 2.59 bits per heavy atom. The molecule has 3 aliphatic rings. The first-order valence-corrected chi connectivity index (χ1v) is 11.9. The molecule has 0 radical (unpaired) electrons. The van der Waals surface area contributed by atoms with E-state index < -0.39 is 5.82 Å². The number of amides is 1. The molecule has 6 nitrogen and oxygen atoms in total. The fraction of sp³-hybridized carbons (Fsp3) is 0.542. The Kier molecular flexibility index (Phi) is 6.17. The second-order valence-electron chi connectivity index (χ2n) is 9.32. The Morgan fingerprint density at radius 2 is 1.91 bits per heavy atom. The average molecular weight is 459 g/mol. The number of nitrogens with one attached hydrogen (secondary N) is 1. The molecule has 0 spiro atoms. The third-order valence-corrected chi connectivity index (χ3v) is 6.97. The van der Waals surface area contributed by atoms with Crippen LogP contribution >= 0.6 is 11.6 Å². The second kappa shape index (κ2) is 9.22. The number of piperidine rings is 1. The van der Waals surface area contributed by atoms with Gasteiger partial charge in [-0.15, -0.1) is 0 Å². The lowest BCUT2D eigenvalue weighted by Gasteiger charge is -2.32. The fourth-order valence-corrected chi connectivity index (χ4v) is 4.63. The largest absolute Gasteiger partial charge is 0.493 e. The first-order valence-electron chi connectivity index (χ1n) is 11.5. The summed E-state index contributed by atoms with van der Waals surface area (Å²) in [6.45, 7) is 2.55. The molecule has 2 atom stereocenters. The number of rotatable bonds is 8. The number of nitrogens with zero attached hydrogens (tertiary/aromatic N) is 3. The zero-order valence-electron chi connectivity index (χ0n) is 18.0. The van der Waals surface area contributed by atoms with Gasteiger partial charge in [0.05, 0.1) is 29.6 Å². The minimum absolute atomic E-state index is 0.0869. The molecular formula is C24H28ClFN4O2. The van der Waals surface area contributed by atoms with Crippen LogP contribution in [0.15, 0.2) is 30.6 Å². The summed E-state index contributed by atoms with van der Waals surface area (Å²) in [7, 11) is 0.